The van der Waals surface area contributed by atoms with E-state index >= 15 is 0 Å². The van der Waals surface area contributed by atoms with E-state index in [0.29, 0.717) is 5.03 Å². The average molecular weight is 261 g/mol. The van der Waals surface area contributed by atoms with Crippen LogP contribution in [-0.2, 0) is 0 Å². The van der Waals surface area contributed by atoms with Crippen LogP contribution in [0.1, 0.15) is 12.5 Å². The van der Waals surface area contributed by atoms with E-state index in [1.165, 1.54) is 0 Å². The molecule has 1 aromatic heterocycles. The number of benzene rings is 1. The van der Waals surface area contributed by atoms with Gasteiger partial charge in [-0.3, -0.25) is 4.99 Å². The van der Waals surface area contributed by atoms with Crippen molar-refractivity contribution >= 4 is 28.2 Å². The second-order valence-electron chi connectivity index (χ2n) is 3.46. The third-order valence-corrected chi connectivity index (χ3v) is 2.94. The van der Waals surface area contributed by atoms with Gasteiger partial charge < -0.3 is 4.98 Å². The number of nitrogens with zero attached hydrogens (tertiary/aromatic N) is 1. The predicted octanol–water partition coefficient (Wildman–Crippen LogP) is 4.53. The largest absolute Gasteiger partial charge is 0.360 e. The Labute approximate surface area is 113 Å². The van der Waals surface area contributed by atoms with Gasteiger partial charge in [0.2, 0.25) is 0 Å². The maximum atomic E-state index is 6.14. The van der Waals surface area contributed by atoms with Crippen LogP contribution in [0.2, 0.25) is 0 Å². The van der Waals surface area contributed by atoms with Crippen LogP contribution in [0.5, 0.6) is 0 Å². The second kappa shape index (κ2) is 6.82. The van der Waals surface area contributed by atoms with Gasteiger partial charge in [-0.15, -0.1) is 13.2 Å². The summed E-state index contributed by atoms with van der Waals surface area (Å²) in [7, 11) is 1.75. The van der Waals surface area contributed by atoms with E-state index in [4.69, 9.17) is 11.6 Å². The SMILES string of the molecule is C/C=C(/Cl)C(=NC)c1c[nH]c2ccccc12.C=C. The van der Waals surface area contributed by atoms with Crippen molar-refractivity contribution in [1.29, 1.82) is 0 Å². The lowest BCUT2D eigenvalue weighted by Crippen LogP contribution is -1.99. The molecule has 2 aromatic rings. The Morgan fingerprint density at radius 3 is 2.61 bits per heavy atom. The van der Waals surface area contributed by atoms with Crippen LogP contribution in [-0.4, -0.2) is 17.7 Å². The number of aromatic amines is 1. The van der Waals surface area contributed by atoms with E-state index in [1.54, 1.807) is 7.05 Å². The number of aromatic nitrogens is 1. The highest BCUT2D eigenvalue weighted by Crippen LogP contribution is 2.22. The van der Waals surface area contributed by atoms with Gasteiger partial charge in [-0.25, -0.2) is 0 Å². The monoisotopic (exact) mass is 260 g/mol. The standard InChI is InChI=1S/C13H13ClN2.C2H4/c1-3-11(14)13(15-2)10-8-16-12-7-5-4-6-9(10)12;1-2/h3-8,16H,1-2H3;1-2H2/b11-3+,15-13?;. The smallest absolute Gasteiger partial charge is 0.0847 e. The Hall–Kier alpha value is -1.80. The Bertz CT molecular complexity index is 579. The first-order valence-electron chi connectivity index (χ1n) is 5.63. The van der Waals surface area contributed by atoms with Crippen LogP contribution in [0, 0.1) is 0 Å². The highest BCUT2D eigenvalue weighted by Gasteiger charge is 2.11. The van der Waals surface area contributed by atoms with Crippen molar-refractivity contribution < 1.29 is 0 Å². The first-order valence-corrected chi connectivity index (χ1v) is 6.01. The average Bonchev–Trinajstić information content (AvgIpc) is 2.86. The van der Waals surface area contributed by atoms with Gasteiger partial charge in [0.25, 0.3) is 0 Å². The minimum atomic E-state index is 0.673. The van der Waals surface area contributed by atoms with Crippen molar-refractivity contribution in [2.75, 3.05) is 7.05 Å². The minimum Gasteiger partial charge on any atom is -0.360 e. The molecule has 0 aliphatic rings. The van der Waals surface area contributed by atoms with E-state index in [9.17, 15) is 0 Å². The molecule has 18 heavy (non-hydrogen) atoms. The molecule has 3 heteroatoms. The number of rotatable bonds is 2. The Balaban J connectivity index is 0.000000771. The van der Waals surface area contributed by atoms with Crippen LogP contribution >= 0.6 is 11.6 Å². The molecule has 0 saturated carbocycles. The molecular formula is C15H17ClN2. The van der Waals surface area contributed by atoms with Crippen LogP contribution in [0.15, 0.2) is 59.7 Å². The van der Waals surface area contributed by atoms with E-state index in [0.717, 1.165) is 22.2 Å². The van der Waals surface area contributed by atoms with Crippen molar-refractivity contribution in [3.8, 4) is 0 Å². The molecule has 2 rings (SSSR count). The third-order valence-electron chi connectivity index (χ3n) is 2.55. The Morgan fingerprint density at radius 2 is 2.00 bits per heavy atom. The summed E-state index contributed by atoms with van der Waals surface area (Å²) in [5, 5.41) is 1.82. The summed E-state index contributed by atoms with van der Waals surface area (Å²) >= 11 is 6.14. The lowest BCUT2D eigenvalue weighted by atomic mass is 10.1. The maximum Gasteiger partial charge on any atom is 0.0847 e. The second-order valence-corrected chi connectivity index (χ2v) is 3.86. The van der Waals surface area contributed by atoms with E-state index in [2.05, 4.69) is 29.2 Å². The molecule has 1 heterocycles. The first kappa shape index (κ1) is 14.3. The normalized spacial score (nSPS) is 12.2. The van der Waals surface area contributed by atoms with Gasteiger partial charge in [-0.1, -0.05) is 35.9 Å². The molecule has 1 aromatic carbocycles. The predicted molar refractivity (Wildman–Crippen MR) is 81.6 cm³/mol. The lowest BCUT2D eigenvalue weighted by molar-refractivity contribution is 1.42. The van der Waals surface area contributed by atoms with E-state index in [1.807, 2.05) is 37.4 Å². The van der Waals surface area contributed by atoms with Crippen molar-refractivity contribution in [3.05, 3.63) is 60.3 Å². The zero-order chi connectivity index (χ0) is 13.5. The van der Waals surface area contributed by atoms with Gasteiger partial charge >= 0.3 is 0 Å². The lowest BCUT2D eigenvalue weighted by Gasteiger charge is -2.02. The van der Waals surface area contributed by atoms with Crippen molar-refractivity contribution in [3.63, 3.8) is 0 Å². The summed E-state index contributed by atoms with van der Waals surface area (Å²) < 4.78 is 0. The number of halogens is 1. The highest BCUT2D eigenvalue weighted by molar-refractivity contribution is 6.47. The minimum absolute atomic E-state index is 0.673. The fourth-order valence-corrected chi connectivity index (χ4v) is 1.95. The van der Waals surface area contributed by atoms with Crippen LogP contribution in [0.25, 0.3) is 10.9 Å². The molecule has 2 nitrogen and oxygen atoms in total. The van der Waals surface area contributed by atoms with Crippen LogP contribution in [0.4, 0.5) is 0 Å². The van der Waals surface area contributed by atoms with Crippen molar-refractivity contribution in [2.45, 2.75) is 6.92 Å². The molecule has 1 N–H and O–H groups in total. The molecule has 0 spiro atoms. The van der Waals surface area contributed by atoms with Gasteiger partial charge in [-0.2, -0.15) is 0 Å². The summed E-state index contributed by atoms with van der Waals surface area (Å²) in [6, 6.07) is 8.11. The molecule has 0 amide bonds. The van der Waals surface area contributed by atoms with E-state index in [-0.39, 0.29) is 0 Å². The number of H-pyrrole nitrogens is 1. The summed E-state index contributed by atoms with van der Waals surface area (Å²) in [5.41, 5.74) is 2.96. The molecule has 94 valence electrons. The fourth-order valence-electron chi connectivity index (χ4n) is 1.76. The van der Waals surface area contributed by atoms with Crippen molar-refractivity contribution in [1.82, 2.24) is 4.98 Å². The summed E-state index contributed by atoms with van der Waals surface area (Å²) in [6.07, 6.45) is 3.80. The summed E-state index contributed by atoms with van der Waals surface area (Å²) in [4.78, 5) is 7.46. The van der Waals surface area contributed by atoms with Crippen LogP contribution < -0.4 is 0 Å². The van der Waals surface area contributed by atoms with Crippen molar-refractivity contribution in [2.24, 2.45) is 4.99 Å². The fraction of sp³-hybridized carbons (Fsp3) is 0.133. The number of hydrogen-bond donors (Lipinski definition) is 1. The van der Waals surface area contributed by atoms with Gasteiger partial charge in [0.1, 0.15) is 0 Å². The first-order chi connectivity index (χ1) is 8.77. The number of para-hydroxylation sites is 1. The number of aliphatic imine (C=N–C) groups is 1. The zero-order valence-electron chi connectivity index (χ0n) is 10.7. The van der Waals surface area contributed by atoms with Crippen LogP contribution in [0.3, 0.4) is 0 Å². The number of hydrogen-bond acceptors (Lipinski definition) is 1. The van der Waals surface area contributed by atoms with E-state index < -0.39 is 0 Å². The van der Waals surface area contributed by atoms with Gasteiger partial charge in [-0.05, 0) is 13.0 Å². The van der Waals surface area contributed by atoms with Gasteiger partial charge in [0.05, 0.1) is 10.7 Å². The molecular weight excluding hydrogens is 244 g/mol. The molecule has 0 aliphatic heterocycles. The van der Waals surface area contributed by atoms with Gasteiger partial charge in [0.15, 0.2) is 0 Å². The Morgan fingerprint density at radius 1 is 1.33 bits per heavy atom. The molecule has 0 unspecified atom stereocenters. The molecule has 0 atom stereocenters. The highest BCUT2D eigenvalue weighted by atomic mass is 35.5. The topological polar surface area (TPSA) is 28.1 Å². The number of allylic oxidation sites excluding steroid dienone is 2. The quantitative estimate of drug-likeness (QED) is 0.607. The summed E-state index contributed by atoms with van der Waals surface area (Å²) in [6.45, 7) is 7.91. The maximum absolute atomic E-state index is 6.14. The zero-order valence-corrected chi connectivity index (χ0v) is 11.5. The molecule has 0 saturated heterocycles. The number of nitrogens with one attached hydrogen (secondary N) is 1. The molecule has 0 fully saturated rings. The number of fused-ring (bicyclic) bond motifs is 1. The molecule has 0 radical (unpaired) electrons. The molecule has 0 aliphatic carbocycles. The third kappa shape index (κ3) is 2.71. The summed E-state index contributed by atoms with van der Waals surface area (Å²) in [5.74, 6) is 0. The van der Waals surface area contributed by atoms with Gasteiger partial charge in [0, 0.05) is 29.7 Å². The Kier molecular flexibility index (Phi) is 5.40. The molecule has 0 bridgehead atoms.